The van der Waals surface area contributed by atoms with E-state index in [-0.39, 0.29) is 30.3 Å². The number of nitrogens with zero attached hydrogens (tertiary/aromatic N) is 3. The van der Waals surface area contributed by atoms with Crippen molar-refractivity contribution in [1.29, 1.82) is 0 Å². The molecule has 188 valence electrons. The molecule has 4 rings (SSSR count). The minimum absolute atomic E-state index is 0.114. The summed E-state index contributed by atoms with van der Waals surface area (Å²) in [5, 5.41) is 0. The van der Waals surface area contributed by atoms with E-state index in [2.05, 4.69) is 14.5 Å². The van der Waals surface area contributed by atoms with Gasteiger partial charge in [-0.3, -0.25) is 14.5 Å². The number of nitrogens with one attached hydrogen (secondary N) is 1. The summed E-state index contributed by atoms with van der Waals surface area (Å²) >= 11 is 0. The molecule has 1 atom stereocenters. The Hall–Kier alpha value is -2.24. The number of hydrogen-bond donors (Lipinski definition) is 1. The van der Waals surface area contributed by atoms with Crippen LogP contribution in [0.25, 0.3) is 0 Å². The Labute approximate surface area is 200 Å². The molecule has 1 spiro atoms. The van der Waals surface area contributed by atoms with Crippen molar-refractivity contribution in [1.82, 2.24) is 14.5 Å². The number of hydrogen-bond acceptors (Lipinski definition) is 7. The number of rotatable bonds is 7. The molecule has 34 heavy (non-hydrogen) atoms. The Morgan fingerprint density at radius 3 is 2.38 bits per heavy atom. The van der Waals surface area contributed by atoms with E-state index in [0.717, 1.165) is 51.1 Å². The number of carbonyl (C=O) groups is 2. The summed E-state index contributed by atoms with van der Waals surface area (Å²) < 4.78 is 43.5. The van der Waals surface area contributed by atoms with Crippen LogP contribution in [0.1, 0.15) is 25.7 Å². The van der Waals surface area contributed by atoms with E-state index < -0.39 is 15.4 Å². The summed E-state index contributed by atoms with van der Waals surface area (Å²) in [4.78, 5) is 31.2. The first-order valence-corrected chi connectivity index (χ1v) is 13.7. The number of carbonyl (C=O) groups excluding carboxylic acids is 2. The molecular weight excluding hydrogens is 463 g/mol. The van der Waals surface area contributed by atoms with Crippen molar-refractivity contribution in [3.05, 3.63) is 30.1 Å². The molecule has 0 radical (unpaired) electrons. The maximum Gasteiger partial charge on any atom is 0.312 e. The summed E-state index contributed by atoms with van der Waals surface area (Å²) in [5.74, 6) is -0.671. The van der Waals surface area contributed by atoms with E-state index in [4.69, 9.17) is 4.74 Å². The molecule has 9 nitrogen and oxygen atoms in total. The van der Waals surface area contributed by atoms with Gasteiger partial charge in [-0.05, 0) is 43.5 Å². The number of piperazine rings is 1. The van der Waals surface area contributed by atoms with Crippen molar-refractivity contribution in [2.75, 3.05) is 63.5 Å². The monoisotopic (exact) mass is 496 g/mol. The van der Waals surface area contributed by atoms with Gasteiger partial charge < -0.3 is 14.5 Å². The third-order valence-corrected chi connectivity index (χ3v) is 7.88. The van der Waals surface area contributed by atoms with Gasteiger partial charge in [-0.15, -0.1) is 0 Å². The molecule has 11 heteroatoms. The van der Waals surface area contributed by atoms with Gasteiger partial charge in [0, 0.05) is 57.9 Å². The van der Waals surface area contributed by atoms with Gasteiger partial charge in [0.2, 0.25) is 15.9 Å². The number of sulfonamides is 1. The van der Waals surface area contributed by atoms with E-state index in [1.807, 2.05) is 12.1 Å². The Balaban J connectivity index is 1.19. The van der Waals surface area contributed by atoms with Crippen LogP contribution in [0.5, 0.6) is 0 Å². The first-order chi connectivity index (χ1) is 16.1. The summed E-state index contributed by atoms with van der Waals surface area (Å²) in [6.45, 7) is 5.01. The fourth-order valence-corrected chi connectivity index (χ4v) is 5.49. The average Bonchev–Trinajstić information content (AvgIpc) is 3.11. The minimum atomic E-state index is -3.42. The SMILES string of the molecule is CS(=O)(=O)NCC(=O)N1CCC2(CC1)CC(CCN1CCN(c3ccc(F)cc3)CC1)OC2=O. The zero-order chi connectivity index (χ0) is 24.3. The van der Waals surface area contributed by atoms with Crippen LogP contribution in [0.15, 0.2) is 24.3 Å². The standard InChI is InChI=1S/C23H33FN4O5S/c1-34(31,32)25-17-21(29)28-10-7-23(8-11-28)16-20(33-22(23)30)6-9-26-12-14-27(15-13-26)19-4-2-18(24)3-5-19/h2-5,20,25H,6-17H2,1H3. The molecule has 3 aliphatic heterocycles. The number of ether oxygens (including phenoxy) is 1. The lowest BCUT2D eigenvalue weighted by Crippen LogP contribution is -2.48. The smallest absolute Gasteiger partial charge is 0.312 e. The molecule has 0 saturated carbocycles. The van der Waals surface area contributed by atoms with E-state index in [1.165, 1.54) is 12.1 Å². The van der Waals surface area contributed by atoms with Crippen LogP contribution in [0, 0.1) is 11.2 Å². The molecule has 0 bridgehead atoms. The molecule has 1 amide bonds. The third-order valence-electron chi connectivity index (χ3n) is 7.22. The van der Waals surface area contributed by atoms with E-state index in [9.17, 15) is 22.4 Å². The number of esters is 1. The summed E-state index contributed by atoms with van der Waals surface area (Å²) in [5.41, 5.74) is 0.497. The Bertz CT molecular complexity index is 987. The van der Waals surface area contributed by atoms with Crippen molar-refractivity contribution in [3.63, 3.8) is 0 Å². The number of halogens is 1. The summed E-state index contributed by atoms with van der Waals surface area (Å²) in [7, 11) is -3.42. The van der Waals surface area contributed by atoms with Gasteiger partial charge >= 0.3 is 5.97 Å². The second-order valence-corrected chi connectivity index (χ2v) is 11.4. The molecule has 0 aliphatic carbocycles. The highest BCUT2D eigenvalue weighted by atomic mass is 32.2. The van der Waals surface area contributed by atoms with Crippen LogP contribution < -0.4 is 9.62 Å². The third kappa shape index (κ3) is 6.05. The van der Waals surface area contributed by atoms with E-state index in [0.29, 0.717) is 32.4 Å². The maximum atomic E-state index is 13.1. The summed E-state index contributed by atoms with van der Waals surface area (Å²) in [6.07, 6.45) is 3.45. The zero-order valence-electron chi connectivity index (χ0n) is 19.5. The lowest BCUT2D eigenvalue weighted by atomic mass is 9.75. The predicted molar refractivity (Wildman–Crippen MR) is 125 cm³/mol. The van der Waals surface area contributed by atoms with Gasteiger partial charge in [0.25, 0.3) is 0 Å². The first kappa shape index (κ1) is 24.9. The van der Waals surface area contributed by atoms with Crippen LogP contribution >= 0.6 is 0 Å². The largest absolute Gasteiger partial charge is 0.462 e. The second-order valence-electron chi connectivity index (χ2n) is 9.58. The first-order valence-electron chi connectivity index (χ1n) is 11.8. The molecule has 1 aromatic carbocycles. The Morgan fingerprint density at radius 2 is 1.76 bits per heavy atom. The molecular formula is C23H33FN4O5S. The normalized spacial score (nSPS) is 23.4. The molecule has 1 N–H and O–H groups in total. The van der Waals surface area contributed by atoms with Gasteiger partial charge in [0.1, 0.15) is 11.9 Å². The van der Waals surface area contributed by atoms with Crippen molar-refractivity contribution >= 4 is 27.6 Å². The highest BCUT2D eigenvalue weighted by Crippen LogP contribution is 2.43. The van der Waals surface area contributed by atoms with Crippen LogP contribution in [0.3, 0.4) is 0 Å². The molecule has 1 aromatic rings. The number of benzene rings is 1. The van der Waals surface area contributed by atoms with Gasteiger partial charge in [0.15, 0.2) is 0 Å². The second kappa shape index (κ2) is 10.2. The molecule has 3 aliphatic rings. The lowest BCUT2D eigenvalue weighted by Gasteiger charge is -2.37. The van der Waals surface area contributed by atoms with E-state index in [1.54, 1.807) is 4.90 Å². The lowest BCUT2D eigenvalue weighted by molar-refractivity contribution is -0.152. The Kier molecular flexibility index (Phi) is 7.44. The van der Waals surface area contributed by atoms with Gasteiger partial charge in [-0.2, -0.15) is 0 Å². The van der Waals surface area contributed by atoms with Crippen molar-refractivity contribution in [2.45, 2.75) is 31.8 Å². The van der Waals surface area contributed by atoms with Crippen molar-refractivity contribution in [3.8, 4) is 0 Å². The fourth-order valence-electron chi connectivity index (χ4n) is 5.10. The average molecular weight is 497 g/mol. The molecule has 3 heterocycles. The summed E-state index contributed by atoms with van der Waals surface area (Å²) in [6, 6.07) is 6.59. The predicted octanol–water partition coefficient (Wildman–Crippen LogP) is 0.811. The fraction of sp³-hybridized carbons (Fsp3) is 0.652. The van der Waals surface area contributed by atoms with Crippen LogP contribution in [0.2, 0.25) is 0 Å². The van der Waals surface area contributed by atoms with Crippen molar-refractivity contribution in [2.24, 2.45) is 5.41 Å². The van der Waals surface area contributed by atoms with Crippen LogP contribution in [-0.4, -0.2) is 94.8 Å². The molecule has 1 unspecified atom stereocenters. The van der Waals surface area contributed by atoms with Crippen LogP contribution in [-0.2, 0) is 24.3 Å². The maximum absolute atomic E-state index is 13.1. The van der Waals surface area contributed by atoms with Crippen LogP contribution in [0.4, 0.5) is 10.1 Å². The Morgan fingerprint density at radius 1 is 1.12 bits per heavy atom. The molecule has 0 aromatic heterocycles. The number of piperidine rings is 1. The minimum Gasteiger partial charge on any atom is -0.462 e. The van der Waals surface area contributed by atoms with Gasteiger partial charge in [-0.25, -0.2) is 17.5 Å². The number of anilines is 1. The van der Waals surface area contributed by atoms with Gasteiger partial charge in [0.05, 0.1) is 18.2 Å². The van der Waals surface area contributed by atoms with Gasteiger partial charge in [-0.1, -0.05) is 0 Å². The topological polar surface area (TPSA) is 99.3 Å². The van der Waals surface area contributed by atoms with E-state index >= 15 is 0 Å². The zero-order valence-corrected chi connectivity index (χ0v) is 20.4. The van der Waals surface area contributed by atoms with Crippen molar-refractivity contribution < 1.29 is 27.1 Å². The number of cyclic esters (lactones) is 1. The highest BCUT2D eigenvalue weighted by Gasteiger charge is 2.50. The molecule has 3 saturated heterocycles. The molecule has 3 fully saturated rings. The highest BCUT2D eigenvalue weighted by molar-refractivity contribution is 7.88. The number of likely N-dealkylation sites (tertiary alicyclic amines) is 1. The number of amides is 1. The quantitative estimate of drug-likeness (QED) is 0.558.